The van der Waals surface area contributed by atoms with E-state index < -0.39 is 12.7 Å². The standard InChI is InChI=1S/C9H15F3N2/c10-9(11,12)6-14-4-2-8-7(5-14)1-3-13-8/h7-8,13H,1-6H2. The number of hydrogen-bond donors (Lipinski definition) is 1. The van der Waals surface area contributed by atoms with Crippen molar-refractivity contribution >= 4 is 0 Å². The molecular formula is C9H15F3N2. The summed E-state index contributed by atoms with van der Waals surface area (Å²) in [5.41, 5.74) is 0. The van der Waals surface area contributed by atoms with E-state index in [0.717, 1.165) is 19.4 Å². The monoisotopic (exact) mass is 208 g/mol. The number of rotatable bonds is 1. The molecular weight excluding hydrogens is 193 g/mol. The molecule has 2 heterocycles. The summed E-state index contributed by atoms with van der Waals surface area (Å²) < 4.78 is 36.4. The minimum Gasteiger partial charge on any atom is -0.314 e. The predicted molar refractivity (Wildman–Crippen MR) is 47.0 cm³/mol. The molecule has 2 nitrogen and oxygen atoms in total. The Bertz CT molecular complexity index is 205. The van der Waals surface area contributed by atoms with Crippen LogP contribution in [0.4, 0.5) is 13.2 Å². The van der Waals surface area contributed by atoms with E-state index in [9.17, 15) is 13.2 Å². The fraction of sp³-hybridized carbons (Fsp3) is 1.00. The van der Waals surface area contributed by atoms with Gasteiger partial charge in [0.05, 0.1) is 6.54 Å². The van der Waals surface area contributed by atoms with E-state index >= 15 is 0 Å². The molecule has 0 aromatic rings. The maximum Gasteiger partial charge on any atom is 0.401 e. The van der Waals surface area contributed by atoms with E-state index in [0.29, 0.717) is 25.0 Å². The molecule has 0 spiro atoms. The van der Waals surface area contributed by atoms with Crippen molar-refractivity contribution in [3.8, 4) is 0 Å². The Morgan fingerprint density at radius 3 is 2.79 bits per heavy atom. The van der Waals surface area contributed by atoms with Crippen LogP contribution in [0.2, 0.25) is 0 Å². The van der Waals surface area contributed by atoms with Crippen LogP contribution in [0.15, 0.2) is 0 Å². The van der Waals surface area contributed by atoms with Crippen molar-refractivity contribution in [2.75, 3.05) is 26.2 Å². The van der Waals surface area contributed by atoms with E-state index in [1.54, 1.807) is 0 Å². The lowest BCUT2D eigenvalue weighted by molar-refractivity contribution is -0.149. The third-order valence-electron chi connectivity index (χ3n) is 3.14. The zero-order chi connectivity index (χ0) is 10.2. The van der Waals surface area contributed by atoms with Gasteiger partial charge in [-0.25, -0.2) is 0 Å². The Hall–Kier alpha value is -0.290. The van der Waals surface area contributed by atoms with Crippen LogP contribution in [0.3, 0.4) is 0 Å². The van der Waals surface area contributed by atoms with Gasteiger partial charge in [-0.1, -0.05) is 0 Å². The quantitative estimate of drug-likeness (QED) is 0.697. The van der Waals surface area contributed by atoms with E-state index in [1.165, 1.54) is 4.90 Å². The van der Waals surface area contributed by atoms with Crippen LogP contribution in [0.25, 0.3) is 0 Å². The summed E-state index contributed by atoms with van der Waals surface area (Å²) in [7, 11) is 0. The third kappa shape index (κ3) is 2.39. The highest BCUT2D eigenvalue weighted by molar-refractivity contribution is 4.90. The lowest BCUT2D eigenvalue weighted by Gasteiger charge is -2.35. The first kappa shape index (κ1) is 10.2. The second kappa shape index (κ2) is 3.70. The minimum atomic E-state index is -4.04. The van der Waals surface area contributed by atoms with Gasteiger partial charge in [0.15, 0.2) is 0 Å². The Kier molecular flexibility index (Phi) is 2.70. The normalized spacial score (nSPS) is 34.5. The van der Waals surface area contributed by atoms with E-state index in [2.05, 4.69) is 5.32 Å². The maximum atomic E-state index is 12.1. The zero-order valence-corrected chi connectivity index (χ0v) is 7.98. The van der Waals surface area contributed by atoms with Gasteiger partial charge in [0.2, 0.25) is 0 Å². The summed E-state index contributed by atoms with van der Waals surface area (Å²) in [6.45, 7) is 1.41. The molecule has 2 aliphatic rings. The zero-order valence-electron chi connectivity index (χ0n) is 7.98. The molecule has 0 aromatic heterocycles. The van der Waals surface area contributed by atoms with Crippen LogP contribution >= 0.6 is 0 Å². The molecule has 2 unspecified atom stereocenters. The van der Waals surface area contributed by atoms with Gasteiger partial charge in [-0.05, 0) is 31.8 Å². The Morgan fingerprint density at radius 1 is 1.29 bits per heavy atom. The van der Waals surface area contributed by atoms with Gasteiger partial charge in [-0.15, -0.1) is 0 Å². The first-order valence-corrected chi connectivity index (χ1v) is 5.07. The lowest BCUT2D eigenvalue weighted by atomic mass is 9.93. The summed E-state index contributed by atoms with van der Waals surface area (Å²) in [6.07, 6.45) is -2.15. The number of alkyl halides is 3. The smallest absolute Gasteiger partial charge is 0.314 e. The number of fused-ring (bicyclic) bond motifs is 1. The van der Waals surface area contributed by atoms with Crippen LogP contribution in [-0.4, -0.2) is 43.3 Å². The number of nitrogens with zero attached hydrogens (tertiary/aromatic N) is 1. The second-order valence-electron chi connectivity index (χ2n) is 4.25. The average molecular weight is 208 g/mol. The highest BCUT2D eigenvalue weighted by Crippen LogP contribution is 2.26. The maximum absolute atomic E-state index is 12.1. The van der Waals surface area contributed by atoms with Crippen LogP contribution in [0.5, 0.6) is 0 Å². The number of likely N-dealkylation sites (tertiary alicyclic amines) is 1. The molecule has 0 bridgehead atoms. The SMILES string of the molecule is FC(F)(F)CN1CCC2NCCC2C1. The van der Waals surface area contributed by atoms with Gasteiger partial charge in [-0.2, -0.15) is 13.2 Å². The van der Waals surface area contributed by atoms with Gasteiger partial charge in [-0.3, -0.25) is 4.90 Å². The van der Waals surface area contributed by atoms with E-state index in [1.807, 2.05) is 0 Å². The predicted octanol–water partition coefficient (Wildman–Crippen LogP) is 1.23. The molecule has 82 valence electrons. The van der Waals surface area contributed by atoms with Crippen molar-refractivity contribution in [3.63, 3.8) is 0 Å². The van der Waals surface area contributed by atoms with Crippen molar-refractivity contribution in [2.24, 2.45) is 5.92 Å². The number of halogens is 3. The fourth-order valence-corrected chi connectivity index (χ4v) is 2.52. The van der Waals surface area contributed by atoms with Crippen LogP contribution in [-0.2, 0) is 0 Å². The molecule has 2 rings (SSSR count). The van der Waals surface area contributed by atoms with Gasteiger partial charge < -0.3 is 5.32 Å². The molecule has 2 atom stereocenters. The summed E-state index contributed by atoms with van der Waals surface area (Å²) in [6, 6.07) is 0.472. The highest BCUT2D eigenvalue weighted by Gasteiger charge is 2.37. The molecule has 0 aliphatic carbocycles. The Labute approximate surface area is 81.5 Å². The average Bonchev–Trinajstić information content (AvgIpc) is 2.47. The number of hydrogen-bond acceptors (Lipinski definition) is 2. The minimum absolute atomic E-state index is 0.436. The molecule has 0 amide bonds. The van der Waals surface area contributed by atoms with E-state index in [-0.39, 0.29) is 0 Å². The van der Waals surface area contributed by atoms with Crippen LogP contribution < -0.4 is 5.32 Å². The molecule has 2 fully saturated rings. The van der Waals surface area contributed by atoms with E-state index in [4.69, 9.17) is 0 Å². The van der Waals surface area contributed by atoms with Crippen LogP contribution in [0.1, 0.15) is 12.8 Å². The topological polar surface area (TPSA) is 15.3 Å². The molecule has 1 N–H and O–H groups in total. The summed E-state index contributed by atoms with van der Waals surface area (Å²) in [4.78, 5) is 1.54. The molecule has 0 aromatic carbocycles. The Morgan fingerprint density at radius 2 is 2.07 bits per heavy atom. The summed E-state index contributed by atoms with van der Waals surface area (Å²) in [5, 5.41) is 3.33. The van der Waals surface area contributed by atoms with Gasteiger partial charge >= 0.3 is 6.18 Å². The van der Waals surface area contributed by atoms with Crippen molar-refractivity contribution in [1.82, 2.24) is 10.2 Å². The molecule has 0 saturated carbocycles. The molecule has 5 heteroatoms. The van der Waals surface area contributed by atoms with Gasteiger partial charge in [0.1, 0.15) is 0 Å². The lowest BCUT2D eigenvalue weighted by Crippen LogP contribution is -2.47. The molecule has 0 radical (unpaired) electrons. The van der Waals surface area contributed by atoms with Gasteiger partial charge in [0.25, 0.3) is 0 Å². The largest absolute Gasteiger partial charge is 0.401 e. The Balaban J connectivity index is 1.85. The molecule has 2 saturated heterocycles. The summed E-state index contributed by atoms with van der Waals surface area (Å²) in [5.74, 6) is 0.436. The van der Waals surface area contributed by atoms with Gasteiger partial charge in [0, 0.05) is 12.6 Å². The summed E-state index contributed by atoms with van der Waals surface area (Å²) >= 11 is 0. The molecule has 2 aliphatic heterocycles. The van der Waals surface area contributed by atoms with Crippen LogP contribution in [0, 0.1) is 5.92 Å². The first-order chi connectivity index (χ1) is 6.54. The highest BCUT2D eigenvalue weighted by atomic mass is 19.4. The number of piperidine rings is 1. The van der Waals surface area contributed by atoms with Crippen molar-refractivity contribution in [3.05, 3.63) is 0 Å². The van der Waals surface area contributed by atoms with Crippen molar-refractivity contribution in [2.45, 2.75) is 25.1 Å². The first-order valence-electron chi connectivity index (χ1n) is 5.07. The molecule has 14 heavy (non-hydrogen) atoms. The number of nitrogens with one attached hydrogen (secondary N) is 1. The second-order valence-corrected chi connectivity index (χ2v) is 4.25. The third-order valence-corrected chi connectivity index (χ3v) is 3.14. The van der Waals surface area contributed by atoms with Crippen molar-refractivity contribution in [1.29, 1.82) is 0 Å². The van der Waals surface area contributed by atoms with Crippen molar-refractivity contribution < 1.29 is 13.2 Å². The fourth-order valence-electron chi connectivity index (χ4n) is 2.52.